The smallest absolute Gasteiger partial charge is 0.254 e. The maximum absolute atomic E-state index is 13.7. The Morgan fingerprint density at radius 2 is 1.95 bits per heavy atom. The lowest BCUT2D eigenvalue weighted by molar-refractivity contribution is -0.131. The monoisotopic (exact) mass is 278 g/mol. The SMILES string of the molecule is Cc1ccc(C(=O)NC(C)C(=O)N2CCCC2)c(F)c1. The van der Waals surface area contributed by atoms with Gasteiger partial charge in [-0.1, -0.05) is 6.07 Å². The fraction of sp³-hybridized carbons (Fsp3) is 0.467. The number of rotatable bonds is 3. The molecule has 0 radical (unpaired) electrons. The molecule has 1 aliphatic rings. The van der Waals surface area contributed by atoms with Crippen molar-refractivity contribution in [3.05, 3.63) is 35.1 Å². The van der Waals surface area contributed by atoms with E-state index >= 15 is 0 Å². The second-order valence-electron chi connectivity index (χ2n) is 5.21. The molecule has 0 aliphatic carbocycles. The number of aryl methyl sites for hydroxylation is 1. The summed E-state index contributed by atoms with van der Waals surface area (Å²) >= 11 is 0. The second kappa shape index (κ2) is 6.03. The first-order valence-corrected chi connectivity index (χ1v) is 6.85. The molecular formula is C15H19FN2O2. The first-order chi connectivity index (χ1) is 9.49. The van der Waals surface area contributed by atoms with Crippen LogP contribution >= 0.6 is 0 Å². The number of nitrogens with zero attached hydrogens (tertiary/aromatic N) is 1. The molecule has 108 valence electrons. The fourth-order valence-electron chi connectivity index (χ4n) is 2.35. The highest BCUT2D eigenvalue weighted by Gasteiger charge is 2.25. The number of amides is 2. The zero-order chi connectivity index (χ0) is 14.7. The molecule has 2 amide bonds. The van der Waals surface area contributed by atoms with Gasteiger partial charge in [0.1, 0.15) is 11.9 Å². The van der Waals surface area contributed by atoms with E-state index in [-0.39, 0.29) is 11.5 Å². The first-order valence-electron chi connectivity index (χ1n) is 6.85. The molecule has 0 bridgehead atoms. The predicted octanol–water partition coefficient (Wildman–Crippen LogP) is 1.87. The summed E-state index contributed by atoms with van der Waals surface area (Å²) in [5.41, 5.74) is 0.719. The number of nitrogens with one attached hydrogen (secondary N) is 1. The minimum atomic E-state index is -0.638. The van der Waals surface area contributed by atoms with Crippen LogP contribution in [0.4, 0.5) is 4.39 Å². The lowest BCUT2D eigenvalue weighted by Gasteiger charge is -2.21. The highest BCUT2D eigenvalue weighted by molar-refractivity contribution is 5.97. The van der Waals surface area contributed by atoms with Crippen LogP contribution in [-0.4, -0.2) is 35.8 Å². The lowest BCUT2D eigenvalue weighted by atomic mass is 10.1. The summed E-state index contributed by atoms with van der Waals surface area (Å²) in [6.07, 6.45) is 2.00. The zero-order valence-electron chi connectivity index (χ0n) is 11.8. The number of benzene rings is 1. The van der Waals surface area contributed by atoms with Crippen molar-refractivity contribution < 1.29 is 14.0 Å². The number of carbonyl (C=O) groups excluding carboxylic acids is 2. The van der Waals surface area contributed by atoms with E-state index in [9.17, 15) is 14.0 Å². The van der Waals surface area contributed by atoms with E-state index in [1.54, 1.807) is 24.8 Å². The maximum atomic E-state index is 13.7. The summed E-state index contributed by atoms with van der Waals surface area (Å²) in [7, 11) is 0. The van der Waals surface area contributed by atoms with E-state index in [4.69, 9.17) is 0 Å². The average Bonchev–Trinajstić information content (AvgIpc) is 2.91. The zero-order valence-corrected chi connectivity index (χ0v) is 11.8. The highest BCUT2D eigenvalue weighted by atomic mass is 19.1. The van der Waals surface area contributed by atoms with Crippen molar-refractivity contribution in [1.29, 1.82) is 0 Å². The Morgan fingerprint density at radius 3 is 2.55 bits per heavy atom. The Bertz CT molecular complexity index is 525. The van der Waals surface area contributed by atoms with Gasteiger partial charge in [0, 0.05) is 13.1 Å². The Balaban J connectivity index is 2.01. The van der Waals surface area contributed by atoms with Crippen LogP contribution in [0.15, 0.2) is 18.2 Å². The van der Waals surface area contributed by atoms with Crippen LogP contribution in [0.25, 0.3) is 0 Å². The Kier molecular flexibility index (Phi) is 4.37. The molecule has 1 saturated heterocycles. The number of carbonyl (C=O) groups is 2. The van der Waals surface area contributed by atoms with Gasteiger partial charge in [-0.25, -0.2) is 4.39 Å². The molecule has 0 spiro atoms. The standard InChI is InChI=1S/C15H19FN2O2/c1-10-5-6-12(13(16)9-10)14(19)17-11(2)15(20)18-7-3-4-8-18/h5-6,9,11H,3-4,7-8H2,1-2H3,(H,17,19). The molecule has 4 nitrogen and oxygen atoms in total. The average molecular weight is 278 g/mol. The van der Waals surface area contributed by atoms with E-state index in [0.29, 0.717) is 0 Å². The van der Waals surface area contributed by atoms with Gasteiger partial charge >= 0.3 is 0 Å². The van der Waals surface area contributed by atoms with Crippen molar-refractivity contribution in [2.24, 2.45) is 0 Å². The van der Waals surface area contributed by atoms with E-state index in [1.165, 1.54) is 12.1 Å². The van der Waals surface area contributed by atoms with Gasteiger partial charge in [0.15, 0.2) is 0 Å². The van der Waals surface area contributed by atoms with Gasteiger partial charge in [0.05, 0.1) is 5.56 Å². The fourth-order valence-corrected chi connectivity index (χ4v) is 2.35. The molecule has 1 aromatic rings. The third-order valence-electron chi connectivity index (χ3n) is 3.50. The third kappa shape index (κ3) is 3.15. The predicted molar refractivity (Wildman–Crippen MR) is 73.9 cm³/mol. The molecule has 1 aliphatic heterocycles. The summed E-state index contributed by atoms with van der Waals surface area (Å²) in [5.74, 6) is -1.23. The molecule has 5 heteroatoms. The third-order valence-corrected chi connectivity index (χ3v) is 3.50. The van der Waals surface area contributed by atoms with E-state index in [2.05, 4.69) is 5.32 Å². The quantitative estimate of drug-likeness (QED) is 0.917. The molecule has 0 saturated carbocycles. The number of likely N-dealkylation sites (tertiary alicyclic amines) is 1. The van der Waals surface area contributed by atoms with Crippen LogP contribution in [0.5, 0.6) is 0 Å². The molecule has 1 atom stereocenters. The first kappa shape index (κ1) is 14.5. The minimum Gasteiger partial charge on any atom is -0.341 e. The van der Waals surface area contributed by atoms with E-state index in [0.717, 1.165) is 31.5 Å². The summed E-state index contributed by atoms with van der Waals surface area (Å²) in [5, 5.41) is 2.56. The number of halogens is 1. The molecular weight excluding hydrogens is 259 g/mol. The van der Waals surface area contributed by atoms with Crippen LogP contribution < -0.4 is 5.32 Å². The molecule has 1 N–H and O–H groups in total. The second-order valence-corrected chi connectivity index (χ2v) is 5.21. The highest BCUT2D eigenvalue weighted by Crippen LogP contribution is 2.12. The molecule has 2 rings (SSSR count). The molecule has 1 heterocycles. The van der Waals surface area contributed by atoms with Crippen LogP contribution in [0.1, 0.15) is 35.7 Å². The largest absolute Gasteiger partial charge is 0.341 e. The minimum absolute atomic E-state index is 0.0309. The van der Waals surface area contributed by atoms with Gasteiger partial charge in [-0.15, -0.1) is 0 Å². The van der Waals surface area contributed by atoms with Crippen LogP contribution in [-0.2, 0) is 4.79 Å². The molecule has 1 unspecified atom stereocenters. The van der Waals surface area contributed by atoms with Gasteiger partial charge in [0.2, 0.25) is 5.91 Å². The van der Waals surface area contributed by atoms with Crippen LogP contribution in [0, 0.1) is 12.7 Å². The number of hydrogen-bond donors (Lipinski definition) is 1. The summed E-state index contributed by atoms with van der Waals surface area (Å²) in [6, 6.07) is 3.78. The Hall–Kier alpha value is -1.91. The number of hydrogen-bond acceptors (Lipinski definition) is 2. The van der Waals surface area contributed by atoms with Crippen molar-refractivity contribution in [2.75, 3.05) is 13.1 Å². The van der Waals surface area contributed by atoms with Crippen LogP contribution in [0.3, 0.4) is 0 Å². The Morgan fingerprint density at radius 1 is 1.30 bits per heavy atom. The summed E-state index contributed by atoms with van der Waals surface area (Å²) in [4.78, 5) is 25.8. The normalized spacial score (nSPS) is 16.1. The maximum Gasteiger partial charge on any atom is 0.254 e. The molecule has 1 fully saturated rings. The van der Waals surface area contributed by atoms with Crippen molar-refractivity contribution in [3.63, 3.8) is 0 Å². The van der Waals surface area contributed by atoms with E-state index in [1.807, 2.05) is 0 Å². The molecule has 0 aromatic heterocycles. The van der Waals surface area contributed by atoms with E-state index < -0.39 is 17.8 Å². The summed E-state index contributed by atoms with van der Waals surface area (Å²) < 4.78 is 13.7. The van der Waals surface area contributed by atoms with Crippen molar-refractivity contribution >= 4 is 11.8 Å². The Labute approximate surface area is 118 Å². The molecule has 1 aromatic carbocycles. The topological polar surface area (TPSA) is 49.4 Å². The van der Waals surface area contributed by atoms with Gasteiger partial charge in [-0.2, -0.15) is 0 Å². The van der Waals surface area contributed by atoms with Gasteiger partial charge in [-0.3, -0.25) is 9.59 Å². The van der Waals surface area contributed by atoms with Gasteiger partial charge in [-0.05, 0) is 44.4 Å². The van der Waals surface area contributed by atoms with Gasteiger partial charge < -0.3 is 10.2 Å². The van der Waals surface area contributed by atoms with Gasteiger partial charge in [0.25, 0.3) is 5.91 Å². The van der Waals surface area contributed by atoms with Crippen molar-refractivity contribution in [2.45, 2.75) is 32.7 Å². The van der Waals surface area contributed by atoms with Crippen molar-refractivity contribution in [1.82, 2.24) is 10.2 Å². The van der Waals surface area contributed by atoms with Crippen LogP contribution in [0.2, 0.25) is 0 Å². The lowest BCUT2D eigenvalue weighted by Crippen LogP contribution is -2.46. The van der Waals surface area contributed by atoms with Crippen molar-refractivity contribution in [3.8, 4) is 0 Å². The summed E-state index contributed by atoms with van der Waals surface area (Å²) in [6.45, 7) is 4.85. The molecule has 20 heavy (non-hydrogen) atoms.